The molecule has 0 unspecified atom stereocenters. The van der Waals surface area contributed by atoms with Gasteiger partial charge in [0, 0.05) is 16.8 Å². The van der Waals surface area contributed by atoms with Crippen molar-refractivity contribution >= 4 is 18.1 Å². The van der Waals surface area contributed by atoms with Gasteiger partial charge in [-0.05, 0) is 25.0 Å². The lowest BCUT2D eigenvalue weighted by atomic mass is 9.87. The monoisotopic (exact) mass is 248 g/mol. The van der Waals surface area contributed by atoms with Gasteiger partial charge in [0.05, 0.1) is 0 Å². The Morgan fingerprint density at radius 1 is 1.12 bits per heavy atom. The van der Waals surface area contributed by atoms with Crippen LogP contribution in [0, 0.1) is 11.6 Å². The van der Waals surface area contributed by atoms with Crippen molar-refractivity contribution in [2.45, 2.75) is 31.2 Å². The average molecular weight is 249 g/mol. The minimum Gasteiger partial charge on any atom is -0.398 e. The van der Waals surface area contributed by atoms with Crippen LogP contribution in [0.25, 0.3) is 0 Å². The molecule has 0 saturated heterocycles. The fourth-order valence-corrected chi connectivity index (χ4v) is 2.33. The van der Waals surface area contributed by atoms with E-state index in [2.05, 4.69) is 0 Å². The van der Waals surface area contributed by atoms with Crippen LogP contribution in [0.1, 0.15) is 31.2 Å². The number of nitrogens with two attached hydrogens (primary N) is 2. The highest BCUT2D eigenvalue weighted by atomic mass is 35.5. The van der Waals surface area contributed by atoms with Gasteiger partial charge in [-0.3, -0.25) is 0 Å². The second kappa shape index (κ2) is 4.55. The van der Waals surface area contributed by atoms with Crippen molar-refractivity contribution < 1.29 is 8.78 Å². The summed E-state index contributed by atoms with van der Waals surface area (Å²) < 4.78 is 26.7. The molecular weight excluding hydrogens is 234 g/mol. The Kier molecular flexibility index (Phi) is 3.76. The van der Waals surface area contributed by atoms with Gasteiger partial charge in [0.2, 0.25) is 0 Å². The van der Waals surface area contributed by atoms with Gasteiger partial charge in [-0.2, -0.15) is 0 Å². The highest BCUT2D eigenvalue weighted by Gasteiger charge is 2.36. The molecule has 0 aromatic heterocycles. The molecule has 2 rings (SSSR count). The van der Waals surface area contributed by atoms with E-state index >= 15 is 0 Å². The topological polar surface area (TPSA) is 52.0 Å². The van der Waals surface area contributed by atoms with Crippen molar-refractivity contribution in [3.05, 3.63) is 29.3 Å². The van der Waals surface area contributed by atoms with E-state index < -0.39 is 17.2 Å². The van der Waals surface area contributed by atoms with Crippen molar-refractivity contribution in [1.29, 1.82) is 0 Å². The molecule has 1 aliphatic rings. The van der Waals surface area contributed by atoms with E-state index in [0.717, 1.165) is 18.9 Å². The third-order valence-corrected chi connectivity index (χ3v) is 3.12. The summed E-state index contributed by atoms with van der Waals surface area (Å²) in [4.78, 5) is 0. The van der Waals surface area contributed by atoms with E-state index in [-0.39, 0.29) is 23.7 Å². The molecule has 2 nitrogen and oxygen atoms in total. The number of nitrogen functional groups attached to an aromatic ring is 1. The standard InChI is InChI=1S/C11H14F2N2.ClH/c12-7-3-4-8(14)9(10(7)13)11(15)5-1-2-6-11;/h3-4H,1-2,5-6,14-15H2;1H. The van der Waals surface area contributed by atoms with E-state index in [0.29, 0.717) is 12.8 Å². The van der Waals surface area contributed by atoms with Crippen molar-refractivity contribution in [3.63, 3.8) is 0 Å². The predicted molar refractivity (Wildman–Crippen MR) is 62.4 cm³/mol. The van der Waals surface area contributed by atoms with Gasteiger partial charge in [0.25, 0.3) is 0 Å². The van der Waals surface area contributed by atoms with Crippen LogP contribution >= 0.6 is 12.4 Å². The van der Waals surface area contributed by atoms with Gasteiger partial charge in [-0.1, -0.05) is 12.8 Å². The van der Waals surface area contributed by atoms with Crippen molar-refractivity contribution in [2.75, 3.05) is 5.73 Å². The third-order valence-electron chi connectivity index (χ3n) is 3.12. The molecule has 4 N–H and O–H groups in total. The van der Waals surface area contributed by atoms with Crippen LogP contribution in [0.2, 0.25) is 0 Å². The van der Waals surface area contributed by atoms with Gasteiger partial charge in [0.1, 0.15) is 0 Å². The first-order valence-electron chi connectivity index (χ1n) is 5.07. The van der Waals surface area contributed by atoms with Crippen molar-refractivity contribution in [2.24, 2.45) is 5.73 Å². The Bertz CT molecular complexity index is 390. The van der Waals surface area contributed by atoms with Crippen LogP contribution < -0.4 is 11.5 Å². The maximum absolute atomic E-state index is 13.6. The lowest BCUT2D eigenvalue weighted by molar-refractivity contribution is 0.414. The smallest absolute Gasteiger partial charge is 0.165 e. The molecular formula is C11H15ClF2N2. The molecule has 0 atom stereocenters. The van der Waals surface area contributed by atoms with Crippen molar-refractivity contribution in [1.82, 2.24) is 0 Å². The molecule has 1 aromatic carbocycles. The zero-order chi connectivity index (χ0) is 11.1. The minimum absolute atomic E-state index is 0. The van der Waals surface area contributed by atoms with Crippen LogP contribution in [0.3, 0.4) is 0 Å². The molecule has 1 aromatic rings. The predicted octanol–water partition coefficient (Wildman–Crippen LogP) is 2.70. The first-order valence-corrected chi connectivity index (χ1v) is 5.07. The number of rotatable bonds is 1. The molecule has 0 heterocycles. The largest absolute Gasteiger partial charge is 0.398 e. The molecule has 1 fully saturated rings. The summed E-state index contributed by atoms with van der Waals surface area (Å²) in [7, 11) is 0. The molecule has 1 saturated carbocycles. The van der Waals surface area contributed by atoms with Crippen LogP contribution in [0.15, 0.2) is 12.1 Å². The fourth-order valence-electron chi connectivity index (χ4n) is 2.33. The highest BCUT2D eigenvalue weighted by Crippen LogP contribution is 2.40. The lowest BCUT2D eigenvalue weighted by Gasteiger charge is -2.26. The van der Waals surface area contributed by atoms with E-state index in [1.165, 1.54) is 6.07 Å². The number of hydrogen-bond acceptors (Lipinski definition) is 2. The van der Waals surface area contributed by atoms with Gasteiger partial charge >= 0.3 is 0 Å². The zero-order valence-electron chi connectivity index (χ0n) is 8.80. The molecule has 0 aliphatic heterocycles. The van der Waals surface area contributed by atoms with Crippen LogP contribution in [0.5, 0.6) is 0 Å². The Morgan fingerprint density at radius 3 is 2.25 bits per heavy atom. The summed E-state index contributed by atoms with van der Waals surface area (Å²) in [6.07, 6.45) is 3.20. The zero-order valence-corrected chi connectivity index (χ0v) is 9.62. The lowest BCUT2D eigenvalue weighted by Crippen LogP contribution is -2.35. The molecule has 5 heteroatoms. The Hall–Kier alpha value is -0.870. The molecule has 1 aliphatic carbocycles. The molecule has 0 bridgehead atoms. The fraction of sp³-hybridized carbons (Fsp3) is 0.455. The second-order valence-corrected chi connectivity index (χ2v) is 4.19. The SMILES string of the molecule is Cl.Nc1ccc(F)c(F)c1C1(N)CCCC1. The molecule has 16 heavy (non-hydrogen) atoms. The van der Waals surface area contributed by atoms with E-state index in [1.54, 1.807) is 0 Å². The second-order valence-electron chi connectivity index (χ2n) is 4.19. The summed E-state index contributed by atoms with van der Waals surface area (Å²) in [5.41, 5.74) is 11.4. The first-order chi connectivity index (χ1) is 7.04. The van der Waals surface area contributed by atoms with Gasteiger partial charge < -0.3 is 11.5 Å². The Balaban J connectivity index is 0.00000128. The van der Waals surface area contributed by atoms with Gasteiger partial charge in [-0.15, -0.1) is 12.4 Å². The van der Waals surface area contributed by atoms with Gasteiger partial charge in [-0.25, -0.2) is 8.78 Å². The number of benzene rings is 1. The summed E-state index contributed by atoms with van der Waals surface area (Å²) >= 11 is 0. The highest BCUT2D eigenvalue weighted by molar-refractivity contribution is 5.85. The molecule has 0 amide bonds. The Morgan fingerprint density at radius 2 is 1.69 bits per heavy atom. The summed E-state index contributed by atoms with van der Waals surface area (Å²) in [6, 6.07) is 2.41. The van der Waals surface area contributed by atoms with E-state index in [1.807, 2.05) is 0 Å². The van der Waals surface area contributed by atoms with Gasteiger partial charge in [0.15, 0.2) is 11.6 Å². The number of halogens is 3. The van der Waals surface area contributed by atoms with E-state index in [4.69, 9.17) is 11.5 Å². The summed E-state index contributed by atoms with van der Waals surface area (Å²) in [6.45, 7) is 0. The Labute approximate surface area is 99.4 Å². The minimum atomic E-state index is -0.889. The van der Waals surface area contributed by atoms with Crippen LogP contribution in [-0.2, 0) is 5.54 Å². The quantitative estimate of drug-likeness (QED) is 0.751. The molecule has 0 spiro atoms. The summed E-state index contributed by atoms with van der Waals surface area (Å²) in [5.74, 6) is -1.77. The number of anilines is 1. The summed E-state index contributed by atoms with van der Waals surface area (Å²) in [5, 5.41) is 0. The maximum Gasteiger partial charge on any atom is 0.165 e. The molecule has 0 radical (unpaired) electrons. The number of hydrogen-bond donors (Lipinski definition) is 2. The average Bonchev–Trinajstić information content (AvgIpc) is 2.60. The van der Waals surface area contributed by atoms with Crippen molar-refractivity contribution in [3.8, 4) is 0 Å². The van der Waals surface area contributed by atoms with E-state index in [9.17, 15) is 8.78 Å². The maximum atomic E-state index is 13.6. The van der Waals surface area contributed by atoms with Crippen LogP contribution in [0.4, 0.5) is 14.5 Å². The first kappa shape index (κ1) is 13.2. The third kappa shape index (κ3) is 1.99. The van der Waals surface area contributed by atoms with Crippen LogP contribution in [-0.4, -0.2) is 0 Å². The molecule has 90 valence electrons. The normalized spacial score (nSPS) is 18.2.